The van der Waals surface area contributed by atoms with Gasteiger partial charge in [0, 0.05) is 5.92 Å². The van der Waals surface area contributed by atoms with Crippen molar-refractivity contribution in [1.82, 2.24) is 20.0 Å². The molecule has 0 aromatic carbocycles. The molecule has 10 nitrogen and oxygen atoms in total. The number of nitrogens with one attached hydrogen (secondary N) is 1. The highest BCUT2D eigenvalue weighted by atomic mass is 32.2. The minimum absolute atomic E-state index is 0.0114. The van der Waals surface area contributed by atoms with Gasteiger partial charge in [0.25, 0.3) is 0 Å². The van der Waals surface area contributed by atoms with Crippen LogP contribution >= 0.6 is 0 Å². The van der Waals surface area contributed by atoms with Gasteiger partial charge in [0.15, 0.2) is 11.6 Å². The van der Waals surface area contributed by atoms with Crippen molar-refractivity contribution in [3.8, 4) is 0 Å². The van der Waals surface area contributed by atoms with E-state index in [1.165, 1.54) is 39.0 Å². The lowest BCUT2D eigenvalue weighted by molar-refractivity contribution is -0.137. The zero-order chi connectivity index (χ0) is 22.4. The van der Waals surface area contributed by atoms with E-state index in [-0.39, 0.29) is 46.9 Å². The second-order valence-corrected chi connectivity index (χ2v) is 9.96. The molecule has 0 spiro atoms. The predicted octanol–water partition coefficient (Wildman–Crippen LogP) is 3.46. The highest BCUT2D eigenvalue weighted by molar-refractivity contribution is 7.89. The van der Waals surface area contributed by atoms with Gasteiger partial charge in [0.1, 0.15) is 10.6 Å². The maximum absolute atomic E-state index is 12.5. The van der Waals surface area contributed by atoms with Gasteiger partial charge in [0.2, 0.25) is 15.9 Å². The smallest absolute Gasteiger partial charge is 0.304 e. The van der Waals surface area contributed by atoms with E-state index in [1.54, 1.807) is 6.92 Å². The van der Waals surface area contributed by atoms with E-state index in [9.17, 15) is 18.3 Å². The fourth-order valence-corrected chi connectivity index (χ4v) is 5.55. The third kappa shape index (κ3) is 6.36. The van der Waals surface area contributed by atoms with E-state index in [4.69, 9.17) is 9.05 Å². The molecule has 2 aromatic heterocycles. The maximum Gasteiger partial charge on any atom is 0.304 e. The lowest BCUT2D eigenvalue weighted by Gasteiger charge is -2.21. The average molecular weight is 455 g/mol. The molecule has 0 unspecified atom stereocenters. The van der Waals surface area contributed by atoms with Crippen LogP contribution in [-0.2, 0) is 21.4 Å². The zero-order valence-corrected chi connectivity index (χ0v) is 18.8. The molecule has 1 saturated carbocycles. The lowest BCUT2D eigenvalue weighted by Crippen LogP contribution is -2.24. The third-order valence-corrected chi connectivity index (χ3v) is 7.45. The molecule has 2 heterocycles. The molecule has 11 heteroatoms. The minimum Gasteiger partial charge on any atom is -0.481 e. The van der Waals surface area contributed by atoms with Gasteiger partial charge in [-0.25, -0.2) is 13.1 Å². The monoisotopic (exact) mass is 454 g/mol. The average Bonchev–Trinajstić information content (AvgIpc) is 3.33. The molecular formula is C20H30N4O6S. The number of hydrogen-bond donors (Lipinski definition) is 2. The Balaban J connectivity index is 1.59. The normalized spacial score (nSPS) is 16.5. The van der Waals surface area contributed by atoms with Gasteiger partial charge < -0.3 is 14.2 Å². The van der Waals surface area contributed by atoms with Crippen LogP contribution in [0, 0.1) is 19.8 Å². The number of hydrogen-bond acceptors (Lipinski definition) is 8. The first-order chi connectivity index (χ1) is 14.8. The Hall–Kier alpha value is -2.27. The molecule has 2 aromatic rings. The van der Waals surface area contributed by atoms with Crippen molar-refractivity contribution in [3.63, 3.8) is 0 Å². The zero-order valence-electron chi connectivity index (χ0n) is 18.0. The molecule has 1 fully saturated rings. The number of aryl methyl sites for hydroxylation is 2. The van der Waals surface area contributed by atoms with Crippen molar-refractivity contribution in [2.75, 3.05) is 0 Å². The summed E-state index contributed by atoms with van der Waals surface area (Å²) >= 11 is 0. The van der Waals surface area contributed by atoms with Crippen LogP contribution < -0.4 is 4.72 Å². The number of rotatable bonds is 11. The van der Waals surface area contributed by atoms with E-state index in [2.05, 4.69) is 20.0 Å². The van der Waals surface area contributed by atoms with Gasteiger partial charge in [-0.3, -0.25) is 4.79 Å². The van der Waals surface area contributed by atoms with Crippen LogP contribution in [-0.4, -0.2) is 34.8 Å². The molecule has 31 heavy (non-hydrogen) atoms. The number of carboxylic acids is 1. The summed E-state index contributed by atoms with van der Waals surface area (Å²) in [4.78, 5) is 15.6. The first-order valence-electron chi connectivity index (χ1n) is 10.7. The van der Waals surface area contributed by atoms with Crippen molar-refractivity contribution in [2.45, 2.75) is 89.0 Å². The number of carbonyl (C=O) groups is 1. The summed E-state index contributed by atoms with van der Waals surface area (Å²) in [7, 11) is -3.86. The maximum atomic E-state index is 12.5. The second-order valence-electron chi connectivity index (χ2n) is 8.26. The SMILES string of the molecule is Cc1noc(C)c1S(=O)(=O)NCc1noc([C@H](CCCC2CCCCC2)CC(=O)O)n1. The second kappa shape index (κ2) is 10.4. The number of aromatic nitrogens is 3. The molecule has 2 N–H and O–H groups in total. The van der Waals surface area contributed by atoms with Gasteiger partial charge in [-0.05, 0) is 26.2 Å². The molecule has 0 radical (unpaired) electrons. The summed E-state index contributed by atoms with van der Waals surface area (Å²) in [6, 6.07) is 0. The molecule has 0 bridgehead atoms. The van der Waals surface area contributed by atoms with Crippen molar-refractivity contribution in [1.29, 1.82) is 0 Å². The summed E-state index contributed by atoms with van der Waals surface area (Å²) in [5, 5.41) is 16.8. The van der Waals surface area contributed by atoms with Crippen LogP contribution in [0.3, 0.4) is 0 Å². The molecule has 0 saturated heterocycles. The Kier molecular flexibility index (Phi) is 7.82. The first kappa shape index (κ1) is 23.4. The van der Waals surface area contributed by atoms with Crippen LogP contribution in [0.25, 0.3) is 0 Å². The number of carboxylic acid groups (broad SMARTS) is 1. The first-order valence-corrected chi connectivity index (χ1v) is 12.2. The summed E-state index contributed by atoms with van der Waals surface area (Å²) in [6.07, 6.45) is 8.89. The summed E-state index contributed by atoms with van der Waals surface area (Å²) in [5.74, 6) is -0.0249. The van der Waals surface area contributed by atoms with Crippen LogP contribution in [0.2, 0.25) is 0 Å². The molecule has 1 aliphatic carbocycles. The van der Waals surface area contributed by atoms with E-state index >= 15 is 0 Å². The Morgan fingerprint density at radius 3 is 2.58 bits per heavy atom. The van der Waals surface area contributed by atoms with Crippen LogP contribution in [0.5, 0.6) is 0 Å². The predicted molar refractivity (Wildman–Crippen MR) is 110 cm³/mol. The third-order valence-electron chi connectivity index (χ3n) is 5.80. The van der Waals surface area contributed by atoms with Gasteiger partial charge in [-0.1, -0.05) is 55.3 Å². The van der Waals surface area contributed by atoms with Crippen molar-refractivity contribution < 1.29 is 27.4 Å². The van der Waals surface area contributed by atoms with E-state index in [1.807, 2.05) is 0 Å². The van der Waals surface area contributed by atoms with E-state index in [0.717, 1.165) is 18.8 Å². The molecule has 172 valence electrons. The molecule has 0 amide bonds. The lowest BCUT2D eigenvalue weighted by atomic mass is 9.84. The topological polar surface area (TPSA) is 148 Å². The Labute approximate surface area is 181 Å². The number of aliphatic carboxylic acids is 1. The molecular weight excluding hydrogens is 424 g/mol. The molecule has 0 aliphatic heterocycles. The van der Waals surface area contributed by atoms with Crippen molar-refractivity contribution >= 4 is 16.0 Å². The molecule has 1 aliphatic rings. The largest absolute Gasteiger partial charge is 0.481 e. The fourth-order valence-electron chi connectivity index (χ4n) is 4.25. The Morgan fingerprint density at radius 2 is 1.94 bits per heavy atom. The highest BCUT2D eigenvalue weighted by Crippen LogP contribution is 2.31. The molecule has 3 rings (SSSR count). The van der Waals surface area contributed by atoms with Gasteiger partial charge >= 0.3 is 5.97 Å². The van der Waals surface area contributed by atoms with Crippen molar-refractivity contribution in [2.24, 2.45) is 5.92 Å². The highest BCUT2D eigenvalue weighted by Gasteiger charge is 2.26. The minimum atomic E-state index is -3.86. The van der Waals surface area contributed by atoms with E-state index in [0.29, 0.717) is 6.42 Å². The van der Waals surface area contributed by atoms with E-state index < -0.39 is 16.0 Å². The van der Waals surface area contributed by atoms with Gasteiger partial charge in [-0.2, -0.15) is 4.98 Å². The molecule has 1 atom stereocenters. The quantitative estimate of drug-likeness (QED) is 0.520. The Morgan fingerprint density at radius 1 is 1.19 bits per heavy atom. The summed E-state index contributed by atoms with van der Waals surface area (Å²) in [5.41, 5.74) is 0.262. The number of sulfonamides is 1. The van der Waals surface area contributed by atoms with Crippen LogP contribution in [0.4, 0.5) is 0 Å². The van der Waals surface area contributed by atoms with Crippen molar-refractivity contribution in [3.05, 3.63) is 23.2 Å². The Bertz CT molecular complexity index is 958. The van der Waals surface area contributed by atoms with Crippen LogP contribution in [0.15, 0.2) is 13.9 Å². The van der Waals surface area contributed by atoms with Gasteiger partial charge in [0.05, 0.1) is 13.0 Å². The summed E-state index contributed by atoms with van der Waals surface area (Å²) in [6.45, 7) is 2.88. The van der Waals surface area contributed by atoms with Crippen LogP contribution in [0.1, 0.15) is 86.9 Å². The van der Waals surface area contributed by atoms with Gasteiger partial charge in [-0.15, -0.1) is 0 Å². The summed E-state index contributed by atoms with van der Waals surface area (Å²) < 4.78 is 37.6. The fraction of sp³-hybridized carbons (Fsp3) is 0.700. The standard InChI is InChI=1S/C20H30N4O6S/c1-13-19(14(2)29-23-13)31(27,28)21-12-17-22-20(30-24-17)16(11-18(25)26)10-6-9-15-7-4-3-5-8-15/h15-16,21H,3-12H2,1-2H3,(H,25,26)/t16-/m1/s1. The number of nitrogens with zero attached hydrogens (tertiary/aromatic N) is 3.